The van der Waals surface area contributed by atoms with Gasteiger partial charge in [0.2, 0.25) is 0 Å². The zero-order valence-electron chi connectivity index (χ0n) is 25.8. The molecular formula is C45H33N. The molecule has 46 heavy (non-hydrogen) atoms. The molecule has 0 radical (unpaired) electrons. The number of nitrogens with zero attached hydrogens (tertiary/aromatic N) is 1. The number of rotatable bonds is 4. The third kappa shape index (κ3) is 3.46. The fraction of sp³-hybridized carbons (Fsp3) is 0.0667. The molecule has 0 heterocycles. The van der Waals surface area contributed by atoms with Gasteiger partial charge in [-0.3, -0.25) is 0 Å². The minimum Gasteiger partial charge on any atom is -0.345 e. The molecule has 0 aliphatic heterocycles. The van der Waals surface area contributed by atoms with Gasteiger partial charge in [-0.15, -0.1) is 0 Å². The van der Waals surface area contributed by atoms with Gasteiger partial charge in [-0.1, -0.05) is 158 Å². The van der Waals surface area contributed by atoms with Gasteiger partial charge >= 0.3 is 0 Å². The Morgan fingerprint density at radius 1 is 0.326 bits per heavy atom. The Balaban J connectivity index is 1.43. The maximum atomic E-state index is 2.45. The van der Waals surface area contributed by atoms with E-state index in [0.717, 1.165) is 0 Å². The summed E-state index contributed by atoms with van der Waals surface area (Å²) in [5, 5.41) is 0. The third-order valence-corrected chi connectivity index (χ3v) is 10.4. The Bertz CT molecular complexity index is 2130. The number of anilines is 2. The van der Waals surface area contributed by atoms with Gasteiger partial charge in [-0.05, 0) is 79.9 Å². The second kappa shape index (κ2) is 10.2. The summed E-state index contributed by atoms with van der Waals surface area (Å²) in [5.74, 6) is 0. The second-order valence-electron chi connectivity index (χ2n) is 12.5. The first-order chi connectivity index (χ1) is 22.8. The number of para-hydroxylation sites is 1. The van der Waals surface area contributed by atoms with E-state index in [1.807, 2.05) is 0 Å². The number of hydrogen-bond donors (Lipinski definition) is 0. The molecule has 0 unspecified atom stereocenters. The smallest absolute Gasteiger partial charge is 0.0720 e. The number of hydrogen-bond acceptors (Lipinski definition) is 1. The standard InChI is InChI=1S/C45H33N/c1-46(34-21-9-4-10-22-34)35-29-30-37-36-23-11-12-24-38(36)45(43(37)31-35)41-27-15-13-25-39(41)44(32-17-5-2-6-18-32,33-19-7-3-8-20-33)40-26-14-16-28-42(40)45/h2-31H,1H3. The zero-order valence-corrected chi connectivity index (χ0v) is 25.8. The largest absolute Gasteiger partial charge is 0.345 e. The first-order valence-electron chi connectivity index (χ1n) is 16.1. The molecule has 0 fully saturated rings. The molecule has 0 aromatic heterocycles. The van der Waals surface area contributed by atoms with E-state index in [1.165, 1.54) is 67.0 Å². The Hall–Kier alpha value is -5.66. The van der Waals surface area contributed by atoms with Crippen LogP contribution in [0.4, 0.5) is 11.4 Å². The van der Waals surface area contributed by atoms with E-state index in [9.17, 15) is 0 Å². The maximum absolute atomic E-state index is 2.45. The van der Waals surface area contributed by atoms with E-state index in [0.29, 0.717) is 0 Å². The lowest BCUT2D eigenvalue weighted by Gasteiger charge is -2.50. The molecule has 0 bridgehead atoms. The van der Waals surface area contributed by atoms with Crippen LogP contribution in [-0.4, -0.2) is 7.05 Å². The van der Waals surface area contributed by atoms with E-state index in [2.05, 4.69) is 194 Å². The summed E-state index contributed by atoms with van der Waals surface area (Å²) < 4.78 is 0. The quantitative estimate of drug-likeness (QED) is 0.198. The van der Waals surface area contributed by atoms with Gasteiger partial charge in [0.05, 0.1) is 10.8 Å². The van der Waals surface area contributed by atoms with Gasteiger partial charge in [-0.2, -0.15) is 0 Å². The molecule has 218 valence electrons. The van der Waals surface area contributed by atoms with Crippen molar-refractivity contribution in [3.8, 4) is 11.1 Å². The van der Waals surface area contributed by atoms with Gasteiger partial charge in [0.1, 0.15) is 0 Å². The third-order valence-electron chi connectivity index (χ3n) is 10.4. The molecule has 1 nitrogen and oxygen atoms in total. The first kappa shape index (κ1) is 26.7. The molecular weight excluding hydrogens is 555 g/mol. The summed E-state index contributed by atoms with van der Waals surface area (Å²) in [5.41, 5.74) is 14.6. The molecule has 7 aromatic carbocycles. The van der Waals surface area contributed by atoms with Crippen molar-refractivity contribution < 1.29 is 0 Å². The second-order valence-corrected chi connectivity index (χ2v) is 12.5. The predicted octanol–water partition coefficient (Wildman–Crippen LogP) is 10.5. The van der Waals surface area contributed by atoms with Gasteiger partial charge < -0.3 is 4.90 Å². The van der Waals surface area contributed by atoms with E-state index in [1.54, 1.807) is 0 Å². The van der Waals surface area contributed by atoms with Crippen LogP contribution in [0.25, 0.3) is 11.1 Å². The molecule has 2 aliphatic rings. The summed E-state index contributed by atoms with van der Waals surface area (Å²) in [6.45, 7) is 0. The Morgan fingerprint density at radius 3 is 1.28 bits per heavy atom. The molecule has 9 rings (SSSR count). The highest BCUT2D eigenvalue weighted by Gasteiger charge is 2.56. The van der Waals surface area contributed by atoms with E-state index >= 15 is 0 Å². The lowest BCUT2D eigenvalue weighted by atomic mass is 9.51. The van der Waals surface area contributed by atoms with Crippen LogP contribution in [0.5, 0.6) is 0 Å². The lowest BCUT2D eigenvalue weighted by molar-refractivity contribution is 0.623. The normalized spacial score (nSPS) is 14.5. The van der Waals surface area contributed by atoms with Crippen LogP contribution in [0, 0.1) is 0 Å². The Labute approximate surface area is 271 Å². The van der Waals surface area contributed by atoms with Crippen LogP contribution < -0.4 is 4.90 Å². The van der Waals surface area contributed by atoms with Crippen molar-refractivity contribution in [1.29, 1.82) is 0 Å². The minimum absolute atomic E-state index is 0.486. The first-order valence-corrected chi connectivity index (χ1v) is 16.1. The highest BCUT2D eigenvalue weighted by atomic mass is 15.1. The van der Waals surface area contributed by atoms with Crippen molar-refractivity contribution in [3.05, 3.63) is 226 Å². The summed E-state index contributed by atoms with van der Waals surface area (Å²) in [4.78, 5) is 2.30. The van der Waals surface area contributed by atoms with Crippen LogP contribution in [0.3, 0.4) is 0 Å². The molecule has 2 aliphatic carbocycles. The summed E-state index contributed by atoms with van der Waals surface area (Å²) >= 11 is 0. The molecule has 0 saturated heterocycles. The number of fused-ring (bicyclic) bond motifs is 9. The molecule has 0 atom stereocenters. The topological polar surface area (TPSA) is 3.24 Å². The molecule has 1 spiro atoms. The fourth-order valence-corrected chi connectivity index (χ4v) is 8.59. The zero-order chi connectivity index (χ0) is 30.7. The number of benzene rings is 7. The monoisotopic (exact) mass is 587 g/mol. The highest BCUT2D eigenvalue weighted by molar-refractivity contribution is 5.91. The molecule has 0 N–H and O–H groups in total. The predicted molar refractivity (Wildman–Crippen MR) is 190 cm³/mol. The van der Waals surface area contributed by atoms with Crippen molar-refractivity contribution >= 4 is 11.4 Å². The van der Waals surface area contributed by atoms with Crippen molar-refractivity contribution in [3.63, 3.8) is 0 Å². The van der Waals surface area contributed by atoms with Crippen LogP contribution >= 0.6 is 0 Å². The molecule has 0 saturated carbocycles. The lowest BCUT2D eigenvalue weighted by Crippen LogP contribution is -2.44. The SMILES string of the molecule is CN(c1ccccc1)c1ccc2c(c1)C1(c3ccccc3-2)c2ccccc2C(c2ccccc2)(c2ccccc2)c2ccccc21. The van der Waals surface area contributed by atoms with Crippen molar-refractivity contribution in [2.75, 3.05) is 11.9 Å². The molecule has 0 amide bonds. The summed E-state index contributed by atoms with van der Waals surface area (Å²) in [6.07, 6.45) is 0. The van der Waals surface area contributed by atoms with E-state index in [4.69, 9.17) is 0 Å². The van der Waals surface area contributed by atoms with Crippen molar-refractivity contribution in [2.45, 2.75) is 10.8 Å². The summed E-state index contributed by atoms with van der Waals surface area (Å²) in [7, 11) is 2.17. The van der Waals surface area contributed by atoms with Gasteiger partial charge in [0.25, 0.3) is 0 Å². The molecule has 1 heteroatoms. The van der Waals surface area contributed by atoms with Crippen molar-refractivity contribution in [1.82, 2.24) is 0 Å². The van der Waals surface area contributed by atoms with Crippen LogP contribution in [0.2, 0.25) is 0 Å². The van der Waals surface area contributed by atoms with Gasteiger partial charge in [0, 0.05) is 18.4 Å². The maximum Gasteiger partial charge on any atom is 0.0720 e. The van der Waals surface area contributed by atoms with Crippen LogP contribution in [0.1, 0.15) is 44.5 Å². The fourth-order valence-electron chi connectivity index (χ4n) is 8.59. The van der Waals surface area contributed by atoms with Crippen LogP contribution in [-0.2, 0) is 10.8 Å². The average Bonchev–Trinajstić information content (AvgIpc) is 3.43. The van der Waals surface area contributed by atoms with E-state index < -0.39 is 10.8 Å². The molecule has 7 aromatic rings. The Morgan fingerprint density at radius 2 is 0.739 bits per heavy atom. The minimum atomic E-state index is -0.489. The highest BCUT2D eigenvalue weighted by Crippen LogP contribution is 2.64. The average molecular weight is 588 g/mol. The van der Waals surface area contributed by atoms with Gasteiger partial charge in [0.15, 0.2) is 0 Å². The van der Waals surface area contributed by atoms with Crippen LogP contribution in [0.15, 0.2) is 182 Å². The Kier molecular flexibility index (Phi) is 5.92. The van der Waals surface area contributed by atoms with Crippen molar-refractivity contribution in [2.24, 2.45) is 0 Å². The summed E-state index contributed by atoms with van der Waals surface area (Å²) in [6, 6.07) is 67.5. The van der Waals surface area contributed by atoms with E-state index in [-0.39, 0.29) is 0 Å². The van der Waals surface area contributed by atoms with Gasteiger partial charge in [-0.25, -0.2) is 0 Å².